The third kappa shape index (κ3) is 5.90. The molecule has 9 heteroatoms. The number of hydrogen-bond donors (Lipinski definition) is 3. The lowest BCUT2D eigenvalue weighted by molar-refractivity contribution is -0.124. The Labute approximate surface area is 175 Å². The number of hydrogen-bond acceptors (Lipinski definition) is 5. The Morgan fingerprint density at radius 2 is 1.63 bits per heavy atom. The summed E-state index contributed by atoms with van der Waals surface area (Å²) in [4.78, 5) is 28.3. The van der Waals surface area contributed by atoms with E-state index in [1.807, 2.05) is 18.2 Å². The molecule has 0 aliphatic carbocycles. The number of amides is 2. The monoisotopic (exact) mass is 428 g/mol. The van der Waals surface area contributed by atoms with Crippen molar-refractivity contribution in [1.29, 1.82) is 0 Å². The number of benzene rings is 2. The molecule has 0 atom stereocenters. The summed E-state index contributed by atoms with van der Waals surface area (Å²) in [6.45, 7) is 0.397. The normalized spacial score (nSPS) is 15.3. The molecular formula is C21H24N4O4S. The number of rotatable bonds is 9. The minimum atomic E-state index is -3.51. The molecule has 0 saturated heterocycles. The molecule has 2 aromatic rings. The zero-order valence-electron chi connectivity index (χ0n) is 16.4. The number of para-hydroxylation sites is 1. The third-order valence-electron chi connectivity index (χ3n) is 4.50. The Kier molecular flexibility index (Phi) is 7.18. The van der Waals surface area contributed by atoms with Gasteiger partial charge in [0.05, 0.1) is 11.4 Å². The predicted octanol–water partition coefficient (Wildman–Crippen LogP) is 2.04. The van der Waals surface area contributed by atoms with Gasteiger partial charge >= 0.3 is 0 Å². The topological polar surface area (TPSA) is 117 Å². The first-order valence-corrected chi connectivity index (χ1v) is 11.2. The van der Waals surface area contributed by atoms with E-state index in [4.69, 9.17) is 0 Å². The molecule has 0 spiro atoms. The van der Waals surface area contributed by atoms with Gasteiger partial charge in [0, 0.05) is 24.2 Å². The van der Waals surface area contributed by atoms with Gasteiger partial charge in [0.25, 0.3) is 10.0 Å². The number of anilines is 1. The first kappa shape index (κ1) is 21.5. The number of sulfonamides is 1. The quantitative estimate of drug-likeness (QED) is 0.530. The lowest BCUT2D eigenvalue weighted by Gasteiger charge is -2.07. The van der Waals surface area contributed by atoms with E-state index >= 15 is 0 Å². The lowest BCUT2D eigenvalue weighted by Crippen LogP contribution is -2.32. The molecule has 2 aromatic carbocycles. The summed E-state index contributed by atoms with van der Waals surface area (Å²) in [6, 6.07) is 15.8. The average molecular weight is 429 g/mol. The van der Waals surface area contributed by atoms with Crippen molar-refractivity contribution in [3.05, 3.63) is 60.2 Å². The van der Waals surface area contributed by atoms with Crippen molar-refractivity contribution in [3.8, 4) is 0 Å². The van der Waals surface area contributed by atoms with Crippen molar-refractivity contribution in [2.24, 2.45) is 4.99 Å². The van der Waals surface area contributed by atoms with E-state index in [1.54, 1.807) is 36.4 Å². The fourth-order valence-electron chi connectivity index (χ4n) is 3.01. The van der Waals surface area contributed by atoms with Crippen LogP contribution in [0.2, 0.25) is 0 Å². The molecule has 3 rings (SSSR count). The van der Waals surface area contributed by atoms with Gasteiger partial charge in [-0.05, 0) is 37.1 Å². The minimum Gasteiger partial charge on any atom is -0.347 e. The van der Waals surface area contributed by atoms with Crippen LogP contribution < -0.4 is 15.4 Å². The number of carbonyl (C=O) groups excluding carboxylic acids is 2. The number of fused-ring (bicyclic) bond motifs is 1. The molecule has 1 aliphatic heterocycles. The molecule has 0 radical (unpaired) electrons. The highest BCUT2D eigenvalue weighted by Crippen LogP contribution is 2.22. The van der Waals surface area contributed by atoms with E-state index in [1.165, 1.54) is 0 Å². The van der Waals surface area contributed by atoms with Gasteiger partial charge in [-0.15, -0.1) is 0 Å². The summed E-state index contributed by atoms with van der Waals surface area (Å²) < 4.78 is 26.5. The molecule has 0 saturated carbocycles. The van der Waals surface area contributed by atoms with Gasteiger partial charge in [-0.3, -0.25) is 19.3 Å². The van der Waals surface area contributed by atoms with E-state index < -0.39 is 10.0 Å². The summed E-state index contributed by atoms with van der Waals surface area (Å²) in [6.07, 6.45) is 2.49. The zero-order chi connectivity index (χ0) is 21.4. The first-order chi connectivity index (χ1) is 14.5. The molecule has 0 fully saturated rings. The summed E-state index contributed by atoms with van der Waals surface area (Å²) in [5, 5.41) is 5.31. The third-order valence-corrected chi connectivity index (χ3v) is 5.90. The first-order valence-electron chi connectivity index (χ1n) is 9.74. The molecular weight excluding hydrogens is 404 g/mol. The number of amidine groups is 1. The van der Waals surface area contributed by atoms with Crippen LogP contribution in [0.4, 0.5) is 5.69 Å². The van der Waals surface area contributed by atoms with Crippen molar-refractivity contribution < 1.29 is 18.0 Å². The van der Waals surface area contributed by atoms with E-state index in [0.717, 1.165) is 12.8 Å². The van der Waals surface area contributed by atoms with Crippen LogP contribution in [0.1, 0.15) is 31.2 Å². The summed E-state index contributed by atoms with van der Waals surface area (Å²) in [5.41, 5.74) is 1.27. The van der Waals surface area contributed by atoms with Gasteiger partial charge < -0.3 is 10.6 Å². The van der Waals surface area contributed by atoms with Crippen molar-refractivity contribution >= 4 is 33.4 Å². The van der Waals surface area contributed by atoms with Crippen LogP contribution in [0, 0.1) is 0 Å². The smallest absolute Gasteiger partial charge is 0.263 e. The molecule has 30 heavy (non-hydrogen) atoms. The van der Waals surface area contributed by atoms with Gasteiger partial charge in [0.15, 0.2) is 0 Å². The van der Waals surface area contributed by atoms with Crippen LogP contribution in [0.3, 0.4) is 0 Å². The number of unbranched alkanes of at least 4 members (excludes halogenated alkanes) is 2. The fraction of sp³-hybridized carbons (Fsp3) is 0.286. The second-order valence-electron chi connectivity index (χ2n) is 6.83. The summed E-state index contributed by atoms with van der Waals surface area (Å²) in [5.74, 6) is -0.0838. The fourth-order valence-corrected chi connectivity index (χ4v) is 4.26. The molecule has 2 amide bonds. The SMILES string of the molecule is O=C(CCCCCN=C1NS(=O)(=O)c2ccccc21)NCC(=O)Nc1ccccc1. The number of nitrogens with zero attached hydrogens (tertiary/aromatic N) is 1. The molecule has 0 bridgehead atoms. The number of nitrogens with one attached hydrogen (secondary N) is 3. The second kappa shape index (κ2) is 10.0. The Morgan fingerprint density at radius 1 is 0.900 bits per heavy atom. The van der Waals surface area contributed by atoms with Crippen molar-refractivity contribution in [1.82, 2.24) is 10.0 Å². The maximum atomic E-state index is 12.0. The minimum absolute atomic E-state index is 0.0685. The van der Waals surface area contributed by atoms with Crippen LogP contribution in [-0.2, 0) is 19.6 Å². The van der Waals surface area contributed by atoms with Crippen LogP contribution in [0.25, 0.3) is 0 Å². The van der Waals surface area contributed by atoms with Gasteiger partial charge in [0.1, 0.15) is 5.84 Å². The van der Waals surface area contributed by atoms with Gasteiger partial charge in [-0.2, -0.15) is 0 Å². The largest absolute Gasteiger partial charge is 0.347 e. The highest BCUT2D eigenvalue weighted by molar-refractivity contribution is 7.90. The molecule has 1 aliphatic rings. The predicted molar refractivity (Wildman–Crippen MR) is 115 cm³/mol. The molecule has 158 valence electrons. The Balaban J connectivity index is 1.32. The summed E-state index contributed by atoms with van der Waals surface area (Å²) >= 11 is 0. The summed E-state index contributed by atoms with van der Waals surface area (Å²) in [7, 11) is -3.51. The maximum Gasteiger partial charge on any atom is 0.263 e. The van der Waals surface area contributed by atoms with Gasteiger partial charge in [-0.25, -0.2) is 8.42 Å². The van der Waals surface area contributed by atoms with E-state index in [9.17, 15) is 18.0 Å². The van der Waals surface area contributed by atoms with Crippen LogP contribution in [-0.4, -0.2) is 39.2 Å². The van der Waals surface area contributed by atoms with Gasteiger partial charge in [-0.1, -0.05) is 36.8 Å². The van der Waals surface area contributed by atoms with E-state index in [2.05, 4.69) is 20.3 Å². The second-order valence-corrected chi connectivity index (χ2v) is 8.48. The Morgan fingerprint density at radius 3 is 2.43 bits per heavy atom. The Bertz CT molecular complexity index is 1040. The lowest BCUT2D eigenvalue weighted by atomic mass is 10.2. The van der Waals surface area contributed by atoms with Crippen molar-refractivity contribution in [2.75, 3.05) is 18.4 Å². The van der Waals surface area contributed by atoms with E-state index in [0.29, 0.717) is 36.5 Å². The van der Waals surface area contributed by atoms with Gasteiger partial charge in [0.2, 0.25) is 11.8 Å². The number of carbonyl (C=O) groups is 2. The molecule has 0 unspecified atom stereocenters. The Hall–Kier alpha value is -3.20. The van der Waals surface area contributed by atoms with Crippen LogP contribution in [0.5, 0.6) is 0 Å². The highest BCUT2D eigenvalue weighted by Gasteiger charge is 2.29. The molecule has 0 aromatic heterocycles. The molecule has 3 N–H and O–H groups in total. The highest BCUT2D eigenvalue weighted by atomic mass is 32.2. The van der Waals surface area contributed by atoms with Crippen LogP contribution >= 0.6 is 0 Å². The van der Waals surface area contributed by atoms with Crippen molar-refractivity contribution in [3.63, 3.8) is 0 Å². The van der Waals surface area contributed by atoms with Crippen LogP contribution in [0.15, 0.2) is 64.5 Å². The maximum absolute atomic E-state index is 12.0. The molecule has 8 nitrogen and oxygen atoms in total. The van der Waals surface area contributed by atoms with Crippen molar-refractivity contribution in [2.45, 2.75) is 30.6 Å². The standard InChI is InChI=1S/C21H24N4O4S/c26-19(23-15-20(27)24-16-9-3-1-4-10-16)13-5-2-8-14-22-21-17-11-6-7-12-18(17)30(28,29)25-21/h1,3-4,6-7,9-12H,2,5,8,13-15H2,(H,22,25)(H,23,26)(H,24,27). The average Bonchev–Trinajstić information content (AvgIpc) is 3.00. The molecule has 1 heterocycles. The number of aliphatic imine (C=N–C) groups is 1. The van der Waals surface area contributed by atoms with E-state index in [-0.39, 0.29) is 23.3 Å². The zero-order valence-corrected chi connectivity index (χ0v) is 17.2.